The van der Waals surface area contributed by atoms with Crippen molar-refractivity contribution in [2.75, 3.05) is 20.7 Å². The summed E-state index contributed by atoms with van der Waals surface area (Å²) in [6.07, 6.45) is 1.48. The number of nitrogens with zero attached hydrogens (tertiary/aromatic N) is 2. The summed E-state index contributed by atoms with van der Waals surface area (Å²) in [6.45, 7) is 2.46. The normalized spacial score (nSPS) is 21.5. The lowest BCUT2D eigenvalue weighted by molar-refractivity contribution is -0.176. The van der Waals surface area contributed by atoms with Crippen LogP contribution in [0.3, 0.4) is 0 Å². The molecule has 0 aliphatic carbocycles. The van der Waals surface area contributed by atoms with Crippen molar-refractivity contribution in [2.45, 2.75) is 25.8 Å². The summed E-state index contributed by atoms with van der Waals surface area (Å²) >= 11 is 0. The fraction of sp³-hybridized carbons (Fsp3) is 0.500. The minimum absolute atomic E-state index is 0.133. The van der Waals surface area contributed by atoms with Crippen LogP contribution in [0.5, 0.6) is 0 Å². The third kappa shape index (κ3) is 3.27. The molecule has 5 nitrogen and oxygen atoms in total. The van der Waals surface area contributed by atoms with Gasteiger partial charge < -0.3 is 4.90 Å². The Bertz CT molecular complexity index is 547. The van der Waals surface area contributed by atoms with E-state index in [4.69, 9.17) is 4.84 Å². The second-order valence-electron chi connectivity index (χ2n) is 5.51. The van der Waals surface area contributed by atoms with Gasteiger partial charge in [-0.2, -0.15) is 0 Å². The number of rotatable bonds is 3. The van der Waals surface area contributed by atoms with Gasteiger partial charge >= 0.3 is 0 Å². The Balaban J connectivity index is 2.15. The molecule has 0 saturated carbocycles. The summed E-state index contributed by atoms with van der Waals surface area (Å²) in [5.41, 5.74) is 0.432. The van der Waals surface area contributed by atoms with E-state index in [0.717, 1.165) is 12.8 Å². The largest absolute Gasteiger partial charge is 0.335 e. The third-order valence-electron chi connectivity index (χ3n) is 4.24. The maximum Gasteiger partial charge on any atom is 0.254 e. The molecule has 0 bridgehead atoms. The standard InChI is InChI=1S/C16H21FN2O3/c1-11-14(16(21)18(2)22-3)5-4-10-19(11)15(20)12-6-8-13(17)9-7-12/h6-9,11,14H,4-5,10H2,1-3H3/t11-,14?/m1/s1. The van der Waals surface area contributed by atoms with Crippen LogP contribution in [0.15, 0.2) is 24.3 Å². The summed E-state index contributed by atoms with van der Waals surface area (Å²) in [5, 5.41) is 1.20. The Morgan fingerprint density at radius 2 is 1.95 bits per heavy atom. The van der Waals surface area contributed by atoms with Crippen molar-refractivity contribution >= 4 is 11.8 Å². The van der Waals surface area contributed by atoms with E-state index in [-0.39, 0.29) is 29.6 Å². The summed E-state index contributed by atoms with van der Waals surface area (Å²) in [6, 6.07) is 5.25. The van der Waals surface area contributed by atoms with Crippen LogP contribution in [0.4, 0.5) is 4.39 Å². The fourth-order valence-corrected chi connectivity index (χ4v) is 2.84. The van der Waals surface area contributed by atoms with Crippen LogP contribution >= 0.6 is 0 Å². The molecule has 0 aromatic heterocycles. The fourth-order valence-electron chi connectivity index (χ4n) is 2.84. The summed E-state index contributed by atoms with van der Waals surface area (Å²) < 4.78 is 13.0. The predicted octanol–water partition coefficient (Wildman–Crippen LogP) is 2.09. The first-order valence-electron chi connectivity index (χ1n) is 7.34. The number of hydroxylamine groups is 2. The molecule has 2 rings (SSSR count). The Labute approximate surface area is 129 Å². The quantitative estimate of drug-likeness (QED) is 0.803. The molecule has 6 heteroatoms. The molecule has 2 amide bonds. The highest BCUT2D eigenvalue weighted by atomic mass is 19.1. The van der Waals surface area contributed by atoms with E-state index < -0.39 is 0 Å². The molecule has 22 heavy (non-hydrogen) atoms. The van der Waals surface area contributed by atoms with Crippen molar-refractivity contribution in [1.82, 2.24) is 9.96 Å². The molecule has 1 aliphatic heterocycles. The molecule has 1 fully saturated rings. The molecular weight excluding hydrogens is 287 g/mol. The van der Waals surface area contributed by atoms with E-state index in [0.29, 0.717) is 12.1 Å². The molecule has 1 aromatic carbocycles. The zero-order valence-electron chi connectivity index (χ0n) is 13.1. The van der Waals surface area contributed by atoms with Gasteiger partial charge in [-0.15, -0.1) is 0 Å². The number of halogens is 1. The highest BCUT2D eigenvalue weighted by molar-refractivity contribution is 5.95. The minimum atomic E-state index is -0.377. The van der Waals surface area contributed by atoms with Gasteiger partial charge in [0.05, 0.1) is 13.0 Å². The van der Waals surface area contributed by atoms with Gasteiger partial charge in [-0.3, -0.25) is 14.4 Å². The van der Waals surface area contributed by atoms with Crippen LogP contribution in [0, 0.1) is 11.7 Å². The number of amides is 2. The Kier molecular flexibility index (Phi) is 5.13. The predicted molar refractivity (Wildman–Crippen MR) is 79.4 cm³/mol. The van der Waals surface area contributed by atoms with Crippen molar-refractivity contribution in [3.63, 3.8) is 0 Å². The smallest absolute Gasteiger partial charge is 0.254 e. The zero-order valence-corrected chi connectivity index (χ0v) is 13.1. The van der Waals surface area contributed by atoms with E-state index in [1.807, 2.05) is 6.92 Å². The first kappa shape index (κ1) is 16.4. The van der Waals surface area contributed by atoms with Crippen LogP contribution in [0.25, 0.3) is 0 Å². The Morgan fingerprint density at radius 1 is 1.32 bits per heavy atom. The van der Waals surface area contributed by atoms with E-state index in [1.165, 1.54) is 36.4 Å². The van der Waals surface area contributed by atoms with Gasteiger partial charge in [0.15, 0.2) is 0 Å². The van der Waals surface area contributed by atoms with Crippen molar-refractivity contribution in [3.8, 4) is 0 Å². The summed E-state index contributed by atoms with van der Waals surface area (Å²) in [5.74, 6) is -0.974. The summed E-state index contributed by atoms with van der Waals surface area (Å²) in [7, 11) is 3.00. The summed E-state index contributed by atoms with van der Waals surface area (Å²) in [4.78, 5) is 31.5. The second kappa shape index (κ2) is 6.87. The van der Waals surface area contributed by atoms with Gasteiger partial charge in [-0.1, -0.05) is 0 Å². The first-order chi connectivity index (χ1) is 10.5. The number of benzene rings is 1. The van der Waals surface area contributed by atoms with Gasteiger partial charge in [0, 0.05) is 25.2 Å². The zero-order chi connectivity index (χ0) is 16.3. The van der Waals surface area contributed by atoms with Crippen LogP contribution in [-0.4, -0.2) is 48.5 Å². The van der Waals surface area contributed by atoms with E-state index in [2.05, 4.69) is 0 Å². The molecule has 1 heterocycles. The second-order valence-corrected chi connectivity index (χ2v) is 5.51. The van der Waals surface area contributed by atoms with Crippen molar-refractivity contribution in [2.24, 2.45) is 5.92 Å². The Hall–Kier alpha value is -1.95. The maximum absolute atomic E-state index is 13.0. The molecule has 1 aromatic rings. The number of carbonyl (C=O) groups excluding carboxylic acids is 2. The minimum Gasteiger partial charge on any atom is -0.335 e. The number of carbonyl (C=O) groups is 2. The number of piperidine rings is 1. The first-order valence-corrected chi connectivity index (χ1v) is 7.34. The molecule has 120 valence electrons. The molecule has 1 aliphatic rings. The number of hydrogen-bond donors (Lipinski definition) is 0. The molecule has 2 atom stereocenters. The van der Waals surface area contributed by atoms with E-state index in [9.17, 15) is 14.0 Å². The van der Waals surface area contributed by atoms with Crippen LogP contribution in [-0.2, 0) is 9.63 Å². The van der Waals surface area contributed by atoms with Gasteiger partial charge in [0.2, 0.25) is 0 Å². The monoisotopic (exact) mass is 308 g/mol. The van der Waals surface area contributed by atoms with Crippen LogP contribution < -0.4 is 0 Å². The molecule has 0 N–H and O–H groups in total. The van der Waals surface area contributed by atoms with Crippen molar-refractivity contribution in [1.29, 1.82) is 0 Å². The van der Waals surface area contributed by atoms with Gasteiger partial charge in [-0.05, 0) is 44.0 Å². The number of hydrogen-bond acceptors (Lipinski definition) is 3. The number of likely N-dealkylation sites (tertiary alicyclic amines) is 1. The lowest BCUT2D eigenvalue weighted by Crippen LogP contribution is -2.51. The van der Waals surface area contributed by atoms with Gasteiger partial charge in [0.25, 0.3) is 11.8 Å². The van der Waals surface area contributed by atoms with Crippen LogP contribution in [0.1, 0.15) is 30.1 Å². The lowest BCUT2D eigenvalue weighted by Gasteiger charge is -2.39. The average molecular weight is 308 g/mol. The molecule has 1 saturated heterocycles. The Morgan fingerprint density at radius 3 is 2.55 bits per heavy atom. The van der Waals surface area contributed by atoms with E-state index in [1.54, 1.807) is 11.9 Å². The molecule has 0 spiro atoms. The highest BCUT2D eigenvalue weighted by Gasteiger charge is 2.37. The van der Waals surface area contributed by atoms with Gasteiger partial charge in [0.1, 0.15) is 5.82 Å². The topological polar surface area (TPSA) is 49.9 Å². The van der Waals surface area contributed by atoms with Crippen molar-refractivity contribution < 1.29 is 18.8 Å². The lowest BCUT2D eigenvalue weighted by atomic mass is 9.89. The molecule has 1 unspecified atom stereocenters. The van der Waals surface area contributed by atoms with E-state index >= 15 is 0 Å². The third-order valence-corrected chi connectivity index (χ3v) is 4.24. The molecule has 0 radical (unpaired) electrons. The molecular formula is C16H21FN2O3. The van der Waals surface area contributed by atoms with Crippen LogP contribution in [0.2, 0.25) is 0 Å². The van der Waals surface area contributed by atoms with Crippen molar-refractivity contribution in [3.05, 3.63) is 35.6 Å². The SMILES string of the molecule is CON(C)C(=O)C1CCCN(C(=O)c2ccc(F)cc2)[C@@H]1C. The highest BCUT2D eigenvalue weighted by Crippen LogP contribution is 2.26. The average Bonchev–Trinajstić information content (AvgIpc) is 2.53. The van der Waals surface area contributed by atoms with Gasteiger partial charge in [-0.25, -0.2) is 9.45 Å². The maximum atomic E-state index is 13.0.